The van der Waals surface area contributed by atoms with Crippen molar-refractivity contribution >= 4 is 55.9 Å². The standard InChI is InChI=1S/C14H11BrINO2/c1-8-2-5-13(10(6-8)14(18)19)17-9-3-4-11(15)12(16)7-9/h2-7,17H,1H3,(H,18,19). The van der Waals surface area contributed by atoms with Crippen LogP contribution in [0, 0.1) is 10.5 Å². The first-order valence-electron chi connectivity index (χ1n) is 5.53. The van der Waals surface area contributed by atoms with Crippen molar-refractivity contribution in [2.75, 3.05) is 5.32 Å². The first-order chi connectivity index (χ1) is 8.97. The molecule has 19 heavy (non-hydrogen) atoms. The zero-order valence-electron chi connectivity index (χ0n) is 10.1. The molecule has 0 heterocycles. The van der Waals surface area contributed by atoms with Crippen molar-refractivity contribution in [1.82, 2.24) is 0 Å². The summed E-state index contributed by atoms with van der Waals surface area (Å²) in [5, 5.41) is 12.4. The Bertz CT molecular complexity index is 643. The van der Waals surface area contributed by atoms with Gasteiger partial charge in [0, 0.05) is 13.7 Å². The van der Waals surface area contributed by atoms with Crippen molar-refractivity contribution in [2.45, 2.75) is 6.92 Å². The van der Waals surface area contributed by atoms with Gasteiger partial charge in [0.05, 0.1) is 11.3 Å². The summed E-state index contributed by atoms with van der Waals surface area (Å²) in [5.41, 5.74) is 2.65. The van der Waals surface area contributed by atoms with Crippen LogP contribution in [0.1, 0.15) is 15.9 Å². The highest BCUT2D eigenvalue weighted by atomic mass is 127. The van der Waals surface area contributed by atoms with Crippen molar-refractivity contribution in [3.8, 4) is 0 Å². The van der Waals surface area contributed by atoms with Gasteiger partial charge in [0.1, 0.15) is 0 Å². The number of carboxylic acid groups (broad SMARTS) is 1. The molecule has 2 aromatic carbocycles. The Hall–Kier alpha value is -1.08. The number of carboxylic acids is 1. The highest BCUT2D eigenvalue weighted by molar-refractivity contribution is 14.1. The molecule has 0 atom stereocenters. The third-order valence-corrected chi connectivity index (χ3v) is 4.93. The van der Waals surface area contributed by atoms with Crippen LogP contribution in [0.2, 0.25) is 0 Å². The van der Waals surface area contributed by atoms with E-state index in [0.29, 0.717) is 5.69 Å². The molecule has 0 radical (unpaired) electrons. The van der Waals surface area contributed by atoms with Crippen LogP contribution < -0.4 is 5.32 Å². The van der Waals surface area contributed by atoms with Crippen LogP contribution in [0.15, 0.2) is 40.9 Å². The second kappa shape index (κ2) is 5.92. The van der Waals surface area contributed by atoms with Gasteiger partial charge in [-0.15, -0.1) is 0 Å². The summed E-state index contributed by atoms with van der Waals surface area (Å²) in [4.78, 5) is 11.2. The maximum absolute atomic E-state index is 11.2. The van der Waals surface area contributed by atoms with Gasteiger partial charge in [0.25, 0.3) is 0 Å². The molecule has 0 unspecified atom stereocenters. The predicted octanol–water partition coefficient (Wildman–Crippen LogP) is 4.80. The monoisotopic (exact) mass is 431 g/mol. The molecule has 0 saturated heterocycles. The van der Waals surface area contributed by atoms with E-state index in [4.69, 9.17) is 0 Å². The number of rotatable bonds is 3. The fourth-order valence-electron chi connectivity index (χ4n) is 1.67. The van der Waals surface area contributed by atoms with Gasteiger partial charge in [-0.1, -0.05) is 11.6 Å². The molecular weight excluding hydrogens is 421 g/mol. The van der Waals surface area contributed by atoms with Gasteiger partial charge in [-0.05, 0) is 75.8 Å². The van der Waals surface area contributed by atoms with Crippen molar-refractivity contribution in [3.63, 3.8) is 0 Å². The van der Waals surface area contributed by atoms with Gasteiger partial charge in [-0.3, -0.25) is 0 Å². The number of halogens is 2. The Kier molecular flexibility index (Phi) is 4.46. The van der Waals surface area contributed by atoms with Gasteiger partial charge < -0.3 is 10.4 Å². The molecule has 0 spiro atoms. The van der Waals surface area contributed by atoms with E-state index in [9.17, 15) is 9.90 Å². The quantitative estimate of drug-likeness (QED) is 0.686. The number of aromatic carboxylic acids is 1. The third-order valence-electron chi connectivity index (χ3n) is 2.60. The van der Waals surface area contributed by atoms with E-state index in [2.05, 4.69) is 43.8 Å². The summed E-state index contributed by atoms with van der Waals surface area (Å²) in [6.07, 6.45) is 0. The van der Waals surface area contributed by atoms with Gasteiger partial charge in [-0.25, -0.2) is 4.79 Å². The highest BCUT2D eigenvalue weighted by Gasteiger charge is 2.10. The molecule has 98 valence electrons. The van der Waals surface area contributed by atoms with Crippen LogP contribution >= 0.6 is 38.5 Å². The van der Waals surface area contributed by atoms with E-state index in [-0.39, 0.29) is 5.56 Å². The molecule has 0 aliphatic rings. The minimum Gasteiger partial charge on any atom is -0.478 e. The van der Waals surface area contributed by atoms with Crippen LogP contribution in [0.3, 0.4) is 0 Å². The molecule has 5 heteroatoms. The van der Waals surface area contributed by atoms with E-state index in [1.54, 1.807) is 12.1 Å². The molecule has 2 rings (SSSR count). The first-order valence-corrected chi connectivity index (χ1v) is 7.40. The van der Waals surface area contributed by atoms with Crippen LogP contribution in [-0.2, 0) is 0 Å². The number of carbonyl (C=O) groups is 1. The van der Waals surface area contributed by atoms with E-state index >= 15 is 0 Å². The average Bonchev–Trinajstić information content (AvgIpc) is 2.36. The molecule has 2 aromatic rings. The smallest absolute Gasteiger partial charge is 0.337 e. The number of hydrogen-bond donors (Lipinski definition) is 2. The average molecular weight is 432 g/mol. The fourth-order valence-corrected chi connectivity index (χ4v) is 2.44. The number of hydrogen-bond acceptors (Lipinski definition) is 2. The lowest BCUT2D eigenvalue weighted by Gasteiger charge is -2.11. The Balaban J connectivity index is 2.37. The zero-order valence-corrected chi connectivity index (χ0v) is 13.8. The molecule has 3 nitrogen and oxygen atoms in total. The van der Waals surface area contributed by atoms with E-state index < -0.39 is 5.97 Å². The third kappa shape index (κ3) is 3.48. The van der Waals surface area contributed by atoms with Crippen LogP contribution in [0.25, 0.3) is 0 Å². The summed E-state index contributed by atoms with van der Waals surface area (Å²) in [7, 11) is 0. The summed E-state index contributed by atoms with van der Waals surface area (Å²) in [5.74, 6) is -0.932. The first kappa shape index (κ1) is 14.3. The van der Waals surface area contributed by atoms with Gasteiger partial charge in [-0.2, -0.15) is 0 Å². The summed E-state index contributed by atoms with van der Waals surface area (Å²) in [6.45, 7) is 1.87. The van der Waals surface area contributed by atoms with Crippen LogP contribution in [-0.4, -0.2) is 11.1 Å². The van der Waals surface area contributed by atoms with Crippen molar-refractivity contribution < 1.29 is 9.90 Å². The van der Waals surface area contributed by atoms with Crippen molar-refractivity contribution in [2.24, 2.45) is 0 Å². The van der Waals surface area contributed by atoms with Crippen molar-refractivity contribution in [1.29, 1.82) is 0 Å². The zero-order chi connectivity index (χ0) is 14.0. The lowest BCUT2D eigenvalue weighted by Crippen LogP contribution is -2.03. The maximum Gasteiger partial charge on any atom is 0.337 e. The molecule has 2 N–H and O–H groups in total. The Morgan fingerprint density at radius 1 is 1.26 bits per heavy atom. The molecule has 0 aliphatic carbocycles. The number of nitrogens with one attached hydrogen (secondary N) is 1. The predicted molar refractivity (Wildman–Crippen MR) is 88.3 cm³/mol. The summed E-state index contributed by atoms with van der Waals surface area (Å²) >= 11 is 5.65. The molecule has 0 aliphatic heterocycles. The van der Waals surface area contributed by atoms with E-state index in [1.807, 2.05) is 31.2 Å². The Morgan fingerprint density at radius 3 is 2.63 bits per heavy atom. The van der Waals surface area contributed by atoms with E-state index in [0.717, 1.165) is 19.3 Å². The topological polar surface area (TPSA) is 49.3 Å². The molecule has 0 fully saturated rings. The molecule has 0 aromatic heterocycles. The van der Waals surface area contributed by atoms with Gasteiger partial charge in [0.15, 0.2) is 0 Å². The molecular formula is C14H11BrINO2. The minimum atomic E-state index is -0.932. The summed E-state index contributed by atoms with van der Waals surface area (Å²) < 4.78 is 2.08. The molecule has 0 saturated carbocycles. The van der Waals surface area contributed by atoms with Gasteiger partial charge >= 0.3 is 5.97 Å². The maximum atomic E-state index is 11.2. The second-order valence-electron chi connectivity index (χ2n) is 4.11. The Labute approximate surface area is 133 Å². The SMILES string of the molecule is Cc1ccc(Nc2ccc(Br)c(I)c2)c(C(=O)O)c1. The van der Waals surface area contributed by atoms with Crippen LogP contribution in [0.4, 0.5) is 11.4 Å². The minimum absolute atomic E-state index is 0.276. The lowest BCUT2D eigenvalue weighted by molar-refractivity contribution is 0.0698. The fraction of sp³-hybridized carbons (Fsp3) is 0.0714. The summed E-state index contributed by atoms with van der Waals surface area (Å²) in [6, 6.07) is 11.1. The lowest BCUT2D eigenvalue weighted by atomic mass is 10.1. The molecule has 0 bridgehead atoms. The highest BCUT2D eigenvalue weighted by Crippen LogP contribution is 2.26. The van der Waals surface area contributed by atoms with Crippen molar-refractivity contribution in [3.05, 3.63) is 55.6 Å². The largest absolute Gasteiger partial charge is 0.478 e. The number of benzene rings is 2. The molecule has 0 amide bonds. The number of anilines is 2. The van der Waals surface area contributed by atoms with Gasteiger partial charge in [0.2, 0.25) is 0 Å². The Morgan fingerprint density at radius 2 is 2.00 bits per heavy atom. The van der Waals surface area contributed by atoms with Crippen LogP contribution in [0.5, 0.6) is 0 Å². The van der Waals surface area contributed by atoms with E-state index in [1.165, 1.54) is 0 Å². The number of aryl methyl sites for hydroxylation is 1. The second-order valence-corrected chi connectivity index (χ2v) is 6.12. The normalized spacial score (nSPS) is 10.3.